The Labute approximate surface area is 183 Å². The van der Waals surface area contributed by atoms with Crippen molar-refractivity contribution in [1.29, 1.82) is 0 Å². The third kappa shape index (κ3) is 4.97. The molecule has 0 radical (unpaired) electrons. The summed E-state index contributed by atoms with van der Waals surface area (Å²) in [6.45, 7) is 0. The molecule has 0 aliphatic heterocycles. The molecule has 2 N–H and O–H groups in total. The van der Waals surface area contributed by atoms with Crippen molar-refractivity contribution in [3.05, 3.63) is 93.5 Å². The molecular formula is C22H17Cl2N3O3. The topological polar surface area (TPSA) is 79.8 Å². The number of carbonyl (C=O) groups excluding carboxylic acids is 2. The Balaban J connectivity index is 1.77. The van der Waals surface area contributed by atoms with Gasteiger partial charge < -0.3 is 10.1 Å². The number of rotatable bonds is 6. The Morgan fingerprint density at radius 2 is 1.50 bits per heavy atom. The maximum absolute atomic E-state index is 12.7. The zero-order chi connectivity index (χ0) is 21.5. The third-order valence-electron chi connectivity index (χ3n) is 4.13. The van der Waals surface area contributed by atoms with Crippen LogP contribution in [-0.2, 0) is 0 Å². The van der Waals surface area contributed by atoms with Crippen LogP contribution in [0.1, 0.15) is 26.3 Å². The summed E-state index contributed by atoms with van der Waals surface area (Å²) in [6.07, 6.45) is 1.36. The van der Waals surface area contributed by atoms with Crippen LogP contribution >= 0.6 is 23.2 Å². The monoisotopic (exact) mass is 441 g/mol. The van der Waals surface area contributed by atoms with Gasteiger partial charge in [0.2, 0.25) is 0 Å². The highest BCUT2D eigenvalue weighted by atomic mass is 35.5. The number of hydrazone groups is 1. The summed E-state index contributed by atoms with van der Waals surface area (Å²) in [4.78, 5) is 25.3. The minimum absolute atomic E-state index is 0.239. The fourth-order valence-corrected chi connectivity index (χ4v) is 3.16. The predicted octanol–water partition coefficient (Wildman–Crippen LogP) is 5.02. The first-order valence-corrected chi connectivity index (χ1v) is 9.57. The van der Waals surface area contributed by atoms with Crippen LogP contribution in [-0.4, -0.2) is 25.1 Å². The molecule has 0 fully saturated rings. The average molecular weight is 442 g/mol. The maximum Gasteiger partial charge on any atom is 0.273 e. The van der Waals surface area contributed by atoms with Gasteiger partial charge in [-0.2, -0.15) is 5.10 Å². The Morgan fingerprint density at radius 3 is 2.20 bits per heavy atom. The molecule has 152 valence electrons. The summed E-state index contributed by atoms with van der Waals surface area (Å²) in [5.74, 6) is -0.484. The van der Waals surface area contributed by atoms with Crippen LogP contribution in [0.5, 0.6) is 5.75 Å². The largest absolute Gasteiger partial charge is 0.496 e. The molecule has 0 heterocycles. The molecule has 0 spiro atoms. The zero-order valence-electron chi connectivity index (χ0n) is 15.9. The van der Waals surface area contributed by atoms with Gasteiger partial charge in [-0.05, 0) is 36.4 Å². The molecule has 0 saturated carbocycles. The smallest absolute Gasteiger partial charge is 0.273 e. The Bertz CT molecular complexity index is 1100. The van der Waals surface area contributed by atoms with Crippen molar-refractivity contribution in [2.45, 2.75) is 0 Å². The number of carbonyl (C=O) groups is 2. The van der Waals surface area contributed by atoms with E-state index in [0.29, 0.717) is 32.6 Å². The van der Waals surface area contributed by atoms with Gasteiger partial charge in [-0.15, -0.1) is 0 Å². The number of nitrogens with one attached hydrogen (secondary N) is 2. The number of methoxy groups -OCH3 is 1. The fourth-order valence-electron chi connectivity index (χ4n) is 2.66. The molecule has 0 aliphatic rings. The van der Waals surface area contributed by atoms with E-state index in [9.17, 15) is 9.59 Å². The first-order chi connectivity index (χ1) is 14.5. The van der Waals surface area contributed by atoms with Crippen molar-refractivity contribution in [2.75, 3.05) is 12.4 Å². The van der Waals surface area contributed by atoms with Gasteiger partial charge in [0.1, 0.15) is 5.75 Å². The van der Waals surface area contributed by atoms with E-state index in [1.807, 2.05) is 0 Å². The second-order valence-electron chi connectivity index (χ2n) is 6.03. The first-order valence-electron chi connectivity index (χ1n) is 8.82. The number of anilines is 1. The quantitative estimate of drug-likeness (QED) is 0.416. The highest BCUT2D eigenvalue weighted by Gasteiger charge is 2.16. The van der Waals surface area contributed by atoms with Crippen molar-refractivity contribution in [3.8, 4) is 5.75 Å². The van der Waals surface area contributed by atoms with E-state index in [0.717, 1.165) is 0 Å². The Morgan fingerprint density at radius 1 is 0.867 bits per heavy atom. The van der Waals surface area contributed by atoms with E-state index in [4.69, 9.17) is 27.9 Å². The molecule has 30 heavy (non-hydrogen) atoms. The van der Waals surface area contributed by atoms with Crippen LogP contribution < -0.4 is 15.5 Å². The lowest BCUT2D eigenvalue weighted by molar-refractivity contribution is 0.0956. The molecular weight excluding hydrogens is 425 g/mol. The molecule has 0 atom stereocenters. The number of nitrogens with zero attached hydrogens (tertiary/aromatic N) is 1. The normalized spacial score (nSPS) is 10.6. The van der Waals surface area contributed by atoms with Gasteiger partial charge in [0.15, 0.2) is 0 Å². The van der Waals surface area contributed by atoms with E-state index in [1.54, 1.807) is 66.7 Å². The van der Waals surface area contributed by atoms with Crippen molar-refractivity contribution in [1.82, 2.24) is 5.43 Å². The highest BCUT2D eigenvalue weighted by molar-refractivity contribution is 6.38. The summed E-state index contributed by atoms with van der Waals surface area (Å²) in [5, 5.41) is 7.47. The second-order valence-corrected chi connectivity index (χ2v) is 6.85. The van der Waals surface area contributed by atoms with Crippen LogP contribution in [0.2, 0.25) is 10.0 Å². The van der Waals surface area contributed by atoms with Gasteiger partial charge in [-0.1, -0.05) is 53.5 Å². The Hall–Kier alpha value is -3.35. The molecule has 3 aromatic rings. The van der Waals surface area contributed by atoms with Crippen LogP contribution in [0.25, 0.3) is 0 Å². The predicted molar refractivity (Wildman–Crippen MR) is 119 cm³/mol. The van der Waals surface area contributed by atoms with Crippen LogP contribution in [0.15, 0.2) is 71.8 Å². The molecule has 0 unspecified atom stereocenters. The number of hydrogen-bond donors (Lipinski definition) is 2. The summed E-state index contributed by atoms with van der Waals surface area (Å²) in [7, 11) is 1.48. The number of halogens is 2. The molecule has 6 nitrogen and oxygen atoms in total. The number of amides is 2. The van der Waals surface area contributed by atoms with Crippen molar-refractivity contribution in [3.63, 3.8) is 0 Å². The lowest BCUT2D eigenvalue weighted by Crippen LogP contribution is -2.21. The van der Waals surface area contributed by atoms with E-state index in [-0.39, 0.29) is 5.56 Å². The van der Waals surface area contributed by atoms with E-state index in [2.05, 4.69) is 15.8 Å². The van der Waals surface area contributed by atoms with Gasteiger partial charge in [-0.25, -0.2) is 5.43 Å². The second kappa shape index (κ2) is 9.91. The SMILES string of the molecule is COc1ccccc1C(=O)Nc1ccccc1C(=O)NN=Cc1c(Cl)cccc1Cl. The molecule has 0 aliphatic carbocycles. The van der Waals surface area contributed by atoms with Crippen molar-refractivity contribution < 1.29 is 14.3 Å². The standard InChI is InChI=1S/C22H17Cl2N3O3/c1-30-20-12-5-3-8-15(20)21(28)26-19-11-4-2-7-14(19)22(29)27-25-13-16-17(23)9-6-10-18(16)24/h2-13H,1H3,(H,26,28)(H,27,29). The van der Waals surface area contributed by atoms with E-state index < -0.39 is 11.8 Å². The molecule has 0 saturated heterocycles. The zero-order valence-corrected chi connectivity index (χ0v) is 17.4. The molecule has 0 bridgehead atoms. The molecule has 0 aromatic heterocycles. The van der Waals surface area contributed by atoms with E-state index >= 15 is 0 Å². The third-order valence-corrected chi connectivity index (χ3v) is 4.79. The van der Waals surface area contributed by atoms with Gasteiger partial charge >= 0.3 is 0 Å². The summed E-state index contributed by atoms with van der Waals surface area (Å²) in [5.41, 5.74) is 3.82. The molecule has 8 heteroatoms. The highest BCUT2D eigenvalue weighted by Crippen LogP contribution is 2.23. The average Bonchev–Trinajstić information content (AvgIpc) is 2.76. The van der Waals surface area contributed by atoms with Crippen molar-refractivity contribution in [2.24, 2.45) is 5.10 Å². The van der Waals surface area contributed by atoms with Gasteiger partial charge in [-0.3, -0.25) is 9.59 Å². The lowest BCUT2D eigenvalue weighted by atomic mass is 10.1. The van der Waals surface area contributed by atoms with Gasteiger partial charge in [0.05, 0.1) is 40.2 Å². The van der Waals surface area contributed by atoms with Crippen molar-refractivity contribution >= 4 is 46.9 Å². The summed E-state index contributed by atoms with van der Waals surface area (Å²) >= 11 is 12.2. The minimum atomic E-state index is -0.509. The van der Waals surface area contributed by atoms with Crippen LogP contribution in [0, 0.1) is 0 Å². The number of hydrogen-bond acceptors (Lipinski definition) is 4. The number of ether oxygens (including phenoxy) is 1. The molecule has 3 aromatic carbocycles. The Kier molecular flexibility index (Phi) is 7.06. The minimum Gasteiger partial charge on any atom is -0.496 e. The lowest BCUT2D eigenvalue weighted by Gasteiger charge is -2.12. The van der Waals surface area contributed by atoms with Crippen LogP contribution in [0.3, 0.4) is 0 Å². The van der Waals surface area contributed by atoms with Gasteiger partial charge in [0, 0.05) is 5.56 Å². The van der Waals surface area contributed by atoms with Crippen LogP contribution in [0.4, 0.5) is 5.69 Å². The first kappa shape index (κ1) is 21.4. The van der Waals surface area contributed by atoms with Gasteiger partial charge in [0.25, 0.3) is 11.8 Å². The maximum atomic E-state index is 12.7. The molecule has 2 amide bonds. The summed E-state index contributed by atoms with van der Waals surface area (Å²) < 4.78 is 5.22. The molecule has 3 rings (SSSR count). The number of para-hydroxylation sites is 2. The number of benzene rings is 3. The van der Waals surface area contributed by atoms with E-state index in [1.165, 1.54) is 13.3 Å². The summed E-state index contributed by atoms with van der Waals surface area (Å²) in [6, 6.07) is 18.4. The fraction of sp³-hybridized carbons (Fsp3) is 0.0455.